The molecule has 0 aliphatic rings. The van der Waals surface area contributed by atoms with Crippen LogP contribution in [-0.4, -0.2) is 4.92 Å². The zero-order valence-electron chi connectivity index (χ0n) is 8.86. The molecule has 0 atom stereocenters. The van der Waals surface area contributed by atoms with Crippen LogP contribution in [0, 0.1) is 27.6 Å². The van der Waals surface area contributed by atoms with Gasteiger partial charge in [-0.1, -0.05) is 12.1 Å². The molecule has 0 saturated carbocycles. The lowest BCUT2D eigenvalue weighted by atomic mass is 10.0. The minimum Gasteiger partial charge on any atom is -0.258 e. The van der Waals surface area contributed by atoms with E-state index < -0.39 is 28.1 Å². The number of nitro groups is 1. The lowest BCUT2D eigenvalue weighted by molar-refractivity contribution is -0.387. The smallest absolute Gasteiger partial charge is 0.258 e. The Hall–Kier alpha value is -2.37. The maximum absolute atomic E-state index is 13.1. The molecule has 6 heteroatoms. The van der Waals surface area contributed by atoms with Gasteiger partial charge in [-0.25, -0.2) is 8.78 Å². The van der Waals surface area contributed by atoms with Crippen LogP contribution in [0.2, 0.25) is 0 Å². The van der Waals surface area contributed by atoms with Crippen LogP contribution < -0.4 is 0 Å². The molecule has 0 radical (unpaired) electrons. The molecular weight excluding hydrogens is 247 g/mol. The Bertz CT molecular complexity index is 629. The molecule has 3 nitrogen and oxygen atoms in total. The summed E-state index contributed by atoms with van der Waals surface area (Å²) < 4.78 is 38.9. The minimum atomic E-state index is -1.07. The van der Waals surface area contributed by atoms with E-state index in [0.717, 1.165) is 24.3 Å². The molecule has 0 bridgehead atoms. The summed E-state index contributed by atoms with van der Waals surface area (Å²) in [6, 6.07) is 6.20. The molecule has 0 heterocycles. The fourth-order valence-electron chi connectivity index (χ4n) is 1.51. The molecule has 2 aromatic carbocycles. The molecular formula is C12H6F3NO2. The average molecular weight is 253 g/mol. The van der Waals surface area contributed by atoms with Crippen LogP contribution in [0.4, 0.5) is 18.9 Å². The molecule has 2 rings (SSSR count). The lowest BCUT2D eigenvalue weighted by Crippen LogP contribution is -1.93. The van der Waals surface area contributed by atoms with E-state index >= 15 is 0 Å². The summed E-state index contributed by atoms with van der Waals surface area (Å²) in [7, 11) is 0. The van der Waals surface area contributed by atoms with E-state index in [-0.39, 0.29) is 11.1 Å². The fraction of sp³-hybridized carbons (Fsp3) is 0. The number of hydrogen-bond acceptors (Lipinski definition) is 2. The molecule has 0 amide bonds. The van der Waals surface area contributed by atoms with E-state index in [1.165, 1.54) is 12.1 Å². The molecule has 0 aromatic heterocycles. The van der Waals surface area contributed by atoms with E-state index in [9.17, 15) is 23.3 Å². The predicted octanol–water partition coefficient (Wildman–Crippen LogP) is 3.68. The summed E-state index contributed by atoms with van der Waals surface area (Å²) >= 11 is 0. The van der Waals surface area contributed by atoms with Crippen molar-refractivity contribution >= 4 is 5.69 Å². The quantitative estimate of drug-likeness (QED) is 0.605. The van der Waals surface area contributed by atoms with Crippen molar-refractivity contribution in [3.8, 4) is 11.1 Å². The van der Waals surface area contributed by atoms with Gasteiger partial charge in [0.15, 0.2) is 11.6 Å². The number of nitrogens with zero attached hydrogens (tertiary/aromatic N) is 1. The van der Waals surface area contributed by atoms with Crippen molar-refractivity contribution in [1.29, 1.82) is 0 Å². The van der Waals surface area contributed by atoms with Gasteiger partial charge < -0.3 is 0 Å². The fourth-order valence-corrected chi connectivity index (χ4v) is 1.51. The lowest BCUT2D eigenvalue weighted by Gasteiger charge is -2.03. The average Bonchev–Trinajstić information content (AvgIpc) is 2.33. The third kappa shape index (κ3) is 2.17. The highest BCUT2D eigenvalue weighted by molar-refractivity contribution is 5.66. The standard InChI is InChI=1S/C12H6F3NO2/c13-9-3-1-7(5-11(9)15)8-2-4-10(14)12(6-8)16(17)18/h1-6H. The molecule has 0 unspecified atom stereocenters. The van der Waals surface area contributed by atoms with Crippen LogP contribution >= 0.6 is 0 Å². The van der Waals surface area contributed by atoms with Crippen molar-refractivity contribution in [2.45, 2.75) is 0 Å². The van der Waals surface area contributed by atoms with Gasteiger partial charge in [0.1, 0.15) is 0 Å². The molecule has 0 aliphatic carbocycles. The Morgan fingerprint density at radius 2 is 1.39 bits per heavy atom. The number of halogens is 3. The highest BCUT2D eigenvalue weighted by atomic mass is 19.2. The second-order valence-corrected chi connectivity index (χ2v) is 3.55. The largest absolute Gasteiger partial charge is 0.305 e. The van der Waals surface area contributed by atoms with Crippen LogP contribution in [0.1, 0.15) is 0 Å². The molecule has 0 N–H and O–H groups in total. The summed E-state index contributed by atoms with van der Waals surface area (Å²) in [6.07, 6.45) is 0. The molecule has 18 heavy (non-hydrogen) atoms. The van der Waals surface area contributed by atoms with Crippen LogP contribution in [0.25, 0.3) is 11.1 Å². The maximum Gasteiger partial charge on any atom is 0.305 e. The van der Waals surface area contributed by atoms with Gasteiger partial charge in [-0.15, -0.1) is 0 Å². The maximum atomic E-state index is 13.1. The number of hydrogen-bond donors (Lipinski definition) is 0. The van der Waals surface area contributed by atoms with Gasteiger partial charge in [-0.3, -0.25) is 10.1 Å². The van der Waals surface area contributed by atoms with Gasteiger partial charge in [0.25, 0.3) is 0 Å². The first-order valence-electron chi connectivity index (χ1n) is 4.88. The van der Waals surface area contributed by atoms with Crippen molar-refractivity contribution in [1.82, 2.24) is 0 Å². The van der Waals surface area contributed by atoms with E-state index in [1.54, 1.807) is 0 Å². The number of nitro benzene ring substituents is 1. The van der Waals surface area contributed by atoms with Crippen LogP contribution in [0.3, 0.4) is 0 Å². The van der Waals surface area contributed by atoms with E-state index in [1.807, 2.05) is 0 Å². The monoisotopic (exact) mass is 253 g/mol. The van der Waals surface area contributed by atoms with Crippen molar-refractivity contribution in [2.24, 2.45) is 0 Å². The van der Waals surface area contributed by atoms with Crippen molar-refractivity contribution in [3.05, 3.63) is 64.0 Å². The normalized spacial score (nSPS) is 10.4. The molecule has 0 fully saturated rings. The van der Waals surface area contributed by atoms with Crippen LogP contribution in [0.5, 0.6) is 0 Å². The summed E-state index contributed by atoms with van der Waals surface area (Å²) in [6.45, 7) is 0. The molecule has 0 saturated heterocycles. The molecule has 92 valence electrons. The van der Waals surface area contributed by atoms with E-state index in [0.29, 0.717) is 0 Å². The minimum absolute atomic E-state index is 0.233. The summed E-state index contributed by atoms with van der Waals surface area (Å²) in [5.41, 5.74) is -0.240. The Balaban J connectivity index is 2.54. The summed E-state index contributed by atoms with van der Waals surface area (Å²) in [4.78, 5) is 9.68. The third-order valence-corrected chi connectivity index (χ3v) is 2.40. The Morgan fingerprint density at radius 3 is 1.94 bits per heavy atom. The highest BCUT2D eigenvalue weighted by Crippen LogP contribution is 2.27. The van der Waals surface area contributed by atoms with Crippen molar-refractivity contribution < 1.29 is 18.1 Å². The van der Waals surface area contributed by atoms with Gasteiger partial charge in [0, 0.05) is 6.07 Å². The zero-order chi connectivity index (χ0) is 13.3. The van der Waals surface area contributed by atoms with Gasteiger partial charge in [0.05, 0.1) is 4.92 Å². The molecule has 0 spiro atoms. The number of benzene rings is 2. The van der Waals surface area contributed by atoms with Crippen LogP contribution in [-0.2, 0) is 0 Å². The van der Waals surface area contributed by atoms with Crippen molar-refractivity contribution in [3.63, 3.8) is 0 Å². The van der Waals surface area contributed by atoms with Gasteiger partial charge in [0.2, 0.25) is 5.82 Å². The molecule has 2 aromatic rings. The van der Waals surface area contributed by atoms with Crippen LogP contribution in [0.15, 0.2) is 36.4 Å². The summed E-state index contributed by atoms with van der Waals surface area (Å²) in [5.74, 6) is -3.07. The topological polar surface area (TPSA) is 43.1 Å². The summed E-state index contributed by atoms with van der Waals surface area (Å²) in [5, 5.41) is 10.6. The second-order valence-electron chi connectivity index (χ2n) is 3.55. The van der Waals surface area contributed by atoms with Crippen molar-refractivity contribution in [2.75, 3.05) is 0 Å². The van der Waals surface area contributed by atoms with Gasteiger partial charge in [-0.2, -0.15) is 4.39 Å². The number of rotatable bonds is 2. The van der Waals surface area contributed by atoms with Gasteiger partial charge in [-0.05, 0) is 29.3 Å². The Labute approximate surface area is 99.6 Å². The predicted molar refractivity (Wildman–Crippen MR) is 58.4 cm³/mol. The SMILES string of the molecule is O=[N+]([O-])c1cc(-c2ccc(F)c(F)c2)ccc1F. The van der Waals surface area contributed by atoms with Gasteiger partial charge >= 0.3 is 5.69 Å². The van der Waals surface area contributed by atoms with E-state index in [4.69, 9.17) is 0 Å². The Morgan fingerprint density at radius 1 is 0.833 bits per heavy atom. The molecule has 0 aliphatic heterocycles. The third-order valence-electron chi connectivity index (χ3n) is 2.40. The zero-order valence-corrected chi connectivity index (χ0v) is 8.86. The first-order valence-corrected chi connectivity index (χ1v) is 4.88. The first kappa shape index (κ1) is 12.1. The first-order chi connectivity index (χ1) is 8.49. The van der Waals surface area contributed by atoms with E-state index in [2.05, 4.69) is 0 Å². The Kier molecular flexibility index (Phi) is 3.01. The highest BCUT2D eigenvalue weighted by Gasteiger charge is 2.15. The second kappa shape index (κ2) is 4.48.